The maximum Gasteiger partial charge on any atom is 0.315 e. The molecule has 114 valence electrons. The number of halogens is 1. The summed E-state index contributed by atoms with van der Waals surface area (Å²) in [4.78, 5) is 22.4. The van der Waals surface area contributed by atoms with E-state index in [4.69, 9.17) is 16.7 Å². The van der Waals surface area contributed by atoms with Crippen molar-refractivity contribution in [1.29, 1.82) is 0 Å². The zero-order chi connectivity index (χ0) is 15.7. The molecular weight excluding hydrogens is 292 g/mol. The molecule has 0 aliphatic heterocycles. The highest BCUT2D eigenvalue weighted by Gasteiger charge is 2.14. The summed E-state index contributed by atoms with van der Waals surface area (Å²) in [5.74, 6) is -0.885. The Bertz CT molecular complexity index is 491. The number of benzene rings is 1. The van der Waals surface area contributed by atoms with Crippen molar-refractivity contribution in [3.63, 3.8) is 0 Å². The molecule has 0 bridgehead atoms. The number of rotatable bonds is 8. The molecule has 0 aliphatic rings. The van der Waals surface area contributed by atoms with Crippen molar-refractivity contribution in [3.05, 3.63) is 47.5 Å². The van der Waals surface area contributed by atoms with Crippen molar-refractivity contribution >= 4 is 23.6 Å². The smallest absolute Gasteiger partial charge is 0.315 e. The van der Waals surface area contributed by atoms with Crippen molar-refractivity contribution in [1.82, 2.24) is 10.6 Å². The standard InChI is InChI=1S/C15H19ClN2O3/c1-11(16)10-17-15(21)18-13(7-8-14(19)20)9-12-5-3-2-4-6-12/h2-6,13H,1,7-10H2,(H,19,20)(H2,17,18,21). The average Bonchev–Trinajstić information content (AvgIpc) is 2.43. The van der Waals surface area contributed by atoms with Gasteiger partial charge in [0, 0.05) is 17.5 Å². The molecule has 1 aromatic carbocycles. The van der Waals surface area contributed by atoms with E-state index in [1.54, 1.807) is 0 Å². The van der Waals surface area contributed by atoms with Crippen LogP contribution in [0.4, 0.5) is 4.79 Å². The number of hydrogen-bond donors (Lipinski definition) is 3. The fourth-order valence-corrected chi connectivity index (χ4v) is 1.90. The second kappa shape index (κ2) is 9.02. The molecule has 0 heterocycles. The topological polar surface area (TPSA) is 78.4 Å². The number of carbonyl (C=O) groups is 2. The SMILES string of the molecule is C=C(Cl)CNC(=O)NC(CCC(=O)O)Cc1ccccc1. The van der Waals surface area contributed by atoms with Gasteiger partial charge in [0.2, 0.25) is 0 Å². The molecule has 0 aromatic heterocycles. The first-order valence-electron chi connectivity index (χ1n) is 6.60. The molecule has 0 saturated carbocycles. The van der Waals surface area contributed by atoms with Gasteiger partial charge in [0.25, 0.3) is 0 Å². The van der Waals surface area contributed by atoms with Crippen LogP contribution in [0, 0.1) is 0 Å². The van der Waals surface area contributed by atoms with Gasteiger partial charge in [-0.3, -0.25) is 4.79 Å². The summed E-state index contributed by atoms with van der Waals surface area (Å²) >= 11 is 5.58. The molecule has 1 unspecified atom stereocenters. The van der Waals surface area contributed by atoms with Gasteiger partial charge in [-0.15, -0.1) is 0 Å². The van der Waals surface area contributed by atoms with Crippen molar-refractivity contribution in [2.24, 2.45) is 0 Å². The minimum atomic E-state index is -0.885. The van der Waals surface area contributed by atoms with Crippen LogP contribution in [0.2, 0.25) is 0 Å². The van der Waals surface area contributed by atoms with Gasteiger partial charge in [0.15, 0.2) is 0 Å². The van der Waals surface area contributed by atoms with Gasteiger partial charge in [-0.2, -0.15) is 0 Å². The fraction of sp³-hybridized carbons (Fsp3) is 0.333. The van der Waals surface area contributed by atoms with E-state index in [1.807, 2.05) is 30.3 Å². The van der Waals surface area contributed by atoms with Crippen LogP contribution in [0.25, 0.3) is 0 Å². The van der Waals surface area contributed by atoms with E-state index < -0.39 is 5.97 Å². The molecular formula is C15H19ClN2O3. The van der Waals surface area contributed by atoms with E-state index in [0.717, 1.165) is 5.56 Å². The Balaban J connectivity index is 2.57. The lowest BCUT2D eigenvalue weighted by Gasteiger charge is -2.18. The van der Waals surface area contributed by atoms with Gasteiger partial charge in [0.05, 0.1) is 6.54 Å². The maximum atomic E-state index is 11.7. The fourth-order valence-electron chi connectivity index (χ4n) is 1.83. The highest BCUT2D eigenvalue weighted by Crippen LogP contribution is 2.08. The van der Waals surface area contributed by atoms with E-state index in [1.165, 1.54) is 0 Å². The highest BCUT2D eigenvalue weighted by molar-refractivity contribution is 6.29. The molecule has 0 aliphatic carbocycles. The lowest BCUT2D eigenvalue weighted by molar-refractivity contribution is -0.137. The summed E-state index contributed by atoms with van der Waals surface area (Å²) in [6, 6.07) is 8.95. The number of hydrogen-bond acceptors (Lipinski definition) is 2. The third kappa shape index (κ3) is 7.99. The van der Waals surface area contributed by atoms with Gasteiger partial charge in [-0.05, 0) is 18.4 Å². The molecule has 6 heteroatoms. The van der Waals surface area contributed by atoms with Gasteiger partial charge in [-0.25, -0.2) is 4.79 Å². The Labute approximate surface area is 129 Å². The van der Waals surface area contributed by atoms with Gasteiger partial charge >= 0.3 is 12.0 Å². The van der Waals surface area contributed by atoms with Crippen molar-refractivity contribution in [2.45, 2.75) is 25.3 Å². The molecule has 0 radical (unpaired) electrons. The van der Waals surface area contributed by atoms with Crippen LogP contribution in [0.5, 0.6) is 0 Å². The highest BCUT2D eigenvalue weighted by atomic mass is 35.5. The minimum absolute atomic E-state index is 0.00000521. The van der Waals surface area contributed by atoms with Crippen LogP contribution in [0.15, 0.2) is 41.9 Å². The summed E-state index contributed by atoms with van der Waals surface area (Å²) in [6.07, 6.45) is 0.933. The quantitative estimate of drug-likeness (QED) is 0.690. The summed E-state index contributed by atoms with van der Waals surface area (Å²) in [5.41, 5.74) is 1.04. The number of carbonyl (C=O) groups excluding carboxylic acids is 1. The molecule has 0 saturated heterocycles. The minimum Gasteiger partial charge on any atom is -0.481 e. The largest absolute Gasteiger partial charge is 0.481 e. The van der Waals surface area contributed by atoms with E-state index >= 15 is 0 Å². The van der Waals surface area contributed by atoms with Crippen LogP contribution in [0.1, 0.15) is 18.4 Å². The van der Waals surface area contributed by atoms with E-state index in [0.29, 0.717) is 17.9 Å². The number of nitrogens with one attached hydrogen (secondary N) is 2. The van der Waals surface area contributed by atoms with Gasteiger partial charge in [0.1, 0.15) is 0 Å². The van der Waals surface area contributed by atoms with E-state index in [9.17, 15) is 9.59 Å². The molecule has 1 atom stereocenters. The average molecular weight is 311 g/mol. The Hall–Kier alpha value is -2.01. The van der Waals surface area contributed by atoms with Crippen LogP contribution < -0.4 is 10.6 Å². The lowest BCUT2D eigenvalue weighted by atomic mass is 10.0. The normalized spacial score (nSPS) is 11.5. The third-order valence-corrected chi connectivity index (χ3v) is 2.94. The van der Waals surface area contributed by atoms with Crippen molar-refractivity contribution in [2.75, 3.05) is 6.54 Å². The number of carboxylic acids is 1. The zero-order valence-electron chi connectivity index (χ0n) is 11.6. The number of aliphatic carboxylic acids is 1. The zero-order valence-corrected chi connectivity index (χ0v) is 12.4. The molecule has 1 rings (SSSR count). The molecule has 0 spiro atoms. The van der Waals surface area contributed by atoms with E-state index in [2.05, 4.69) is 17.2 Å². The lowest BCUT2D eigenvalue weighted by Crippen LogP contribution is -2.43. The Morgan fingerprint density at radius 2 is 1.95 bits per heavy atom. The molecule has 1 aromatic rings. The Morgan fingerprint density at radius 1 is 1.29 bits per heavy atom. The number of carboxylic acid groups (broad SMARTS) is 1. The molecule has 0 fully saturated rings. The van der Waals surface area contributed by atoms with E-state index in [-0.39, 0.29) is 25.0 Å². The number of amides is 2. The molecule has 5 nitrogen and oxygen atoms in total. The molecule has 21 heavy (non-hydrogen) atoms. The maximum absolute atomic E-state index is 11.7. The van der Waals surface area contributed by atoms with Crippen LogP contribution in [0.3, 0.4) is 0 Å². The van der Waals surface area contributed by atoms with Crippen LogP contribution in [-0.4, -0.2) is 29.7 Å². The predicted octanol–water partition coefficient (Wildman–Crippen LogP) is 2.51. The Morgan fingerprint density at radius 3 is 2.52 bits per heavy atom. The molecule has 3 N–H and O–H groups in total. The van der Waals surface area contributed by atoms with Gasteiger partial charge in [-0.1, -0.05) is 48.5 Å². The summed E-state index contributed by atoms with van der Waals surface area (Å²) in [7, 11) is 0. The van der Waals surface area contributed by atoms with Crippen LogP contribution >= 0.6 is 11.6 Å². The summed E-state index contributed by atoms with van der Waals surface area (Å²) in [6.45, 7) is 3.65. The second-order valence-corrected chi connectivity index (χ2v) is 5.20. The first-order valence-corrected chi connectivity index (χ1v) is 6.98. The first-order chi connectivity index (χ1) is 9.97. The third-order valence-electron chi connectivity index (χ3n) is 2.81. The second-order valence-electron chi connectivity index (χ2n) is 4.66. The Kier molecular flexibility index (Phi) is 7.32. The van der Waals surface area contributed by atoms with Crippen molar-refractivity contribution in [3.8, 4) is 0 Å². The predicted molar refractivity (Wildman–Crippen MR) is 82.3 cm³/mol. The summed E-state index contributed by atoms with van der Waals surface area (Å²) < 4.78 is 0. The monoisotopic (exact) mass is 310 g/mol. The molecule has 2 amide bonds. The van der Waals surface area contributed by atoms with Gasteiger partial charge < -0.3 is 15.7 Å². The van der Waals surface area contributed by atoms with Crippen LogP contribution in [-0.2, 0) is 11.2 Å². The van der Waals surface area contributed by atoms with Crippen molar-refractivity contribution < 1.29 is 14.7 Å². The first kappa shape index (κ1) is 17.0. The summed E-state index contributed by atoms with van der Waals surface area (Å²) in [5, 5.41) is 14.4. The number of urea groups is 1.